The van der Waals surface area contributed by atoms with Crippen molar-refractivity contribution in [2.24, 2.45) is 5.92 Å². The summed E-state index contributed by atoms with van der Waals surface area (Å²) in [7, 11) is 0. The fourth-order valence-corrected chi connectivity index (χ4v) is 2.43. The Bertz CT molecular complexity index is 446. The minimum atomic E-state index is -0.772. The lowest BCUT2D eigenvalue weighted by Gasteiger charge is -2.18. The van der Waals surface area contributed by atoms with Gasteiger partial charge in [0.05, 0.1) is 0 Å². The van der Waals surface area contributed by atoms with Crippen molar-refractivity contribution in [3.8, 4) is 0 Å². The van der Waals surface area contributed by atoms with Gasteiger partial charge in [0.15, 0.2) is 0 Å². The number of likely N-dealkylation sites (tertiary alicyclic amines) is 1. The van der Waals surface area contributed by atoms with Crippen LogP contribution in [0.5, 0.6) is 0 Å². The van der Waals surface area contributed by atoms with Gasteiger partial charge < -0.3 is 0 Å². The first-order valence-corrected chi connectivity index (χ1v) is 6.60. The van der Waals surface area contributed by atoms with Gasteiger partial charge in [-0.25, -0.2) is 0 Å². The zero-order valence-electron chi connectivity index (χ0n) is 10.3. The van der Waals surface area contributed by atoms with Gasteiger partial charge in [-0.3, -0.25) is 14.5 Å². The Kier molecular flexibility index (Phi) is 4.02. The van der Waals surface area contributed by atoms with Crippen molar-refractivity contribution in [3.05, 3.63) is 35.9 Å². The minimum Gasteiger partial charge on any atom is -0.281 e. The van der Waals surface area contributed by atoms with Crippen LogP contribution in [0.15, 0.2) is 30.3 Å². The number of halogens is 1. The smallest absolute Gasteiger partial charge is 0.251 e. The number of benzene rings is 1. The number of nitrogens with zero attached hydrogens (tertiary/aromatic N) is 1. The summed E-state index contributed by atoms with van der Waals surface area (Å²) in [4.78, 5) is 25.3. The third kappa shape index (κ3) is 2.56. The molecule has 2 rings (SSSR count). The number of carbonyl (C=O) groups excluding carboxylic acids is 2. The maximum atomic E-state index is 12.2. The first kappa shape index (κ1) is 13.1. The predicted molar refractivity (Wildman–Crippen MR) is 70.2 cm³/mol. The van der Waals surface area contributed by atoms with Crippen molar-refractivity contribution in [3.63, 3.8) is 0 Å². The highest BCUT2D eigenvalue weighted by Gasteiger charge is 2.35. The second-order valence-electron chi connectivity index (χ2n) is 4.59. The highest BCUT2D eigenvalue weighted by molar-refractivity contribution is 6.31. The van der Waals surface area contributed by atoms with Crippen molar-refractivity contribution in [1.29, 1.82) is 0 Å². The third-order valence-electron chi connectivity index (χ3n) is 3.36. The Morgan fingerprint density at radius 2 is 2.11 bits per heavy atom. The van der Waals surface area contributed by atoms with E-state index in [2.05, 4.69) is 0 Å². The minimum absolute atomic E-state index is 0.103. The molecule has 4 heteroatoms. The van der Waals surface area contributed by atoms with E-state index in [-0.39, 0.29) is 17.7 Å². The molecule has 1 aromatic carbocycles. The maximum Gasteiger partial charge on any atom is 0.251 e. The van der Waals surface area contributed by atoms with E-state index in [4.69, 9.17) is 11.6 Å². The van der Waals surface area contributed by atoms with E-state index in [1.165, 1.54) is 4.90 Å². The average molecular weight is 266 g/mol. The van der Waals surface area contributed by atoms with Crippen molar-refractivity contribution < 1.29 is 9.59 Å². The van der Waals surface area contributed by atoms with Crippen molar-refractivity contribution in [1.82, 2.24) is 4.90 Å². The van der Waals surface area contributed by atoms with Crippen LogP contribution in [0.25, 0.3) is 0 Å². The molecule has 0 radical (unpaired) electrons. The number of imide groups is 1. The van der Waals surface area contributed by atoms with Gasteiger partial charge in [-0.2, -0.15) is 0 Å². The number of carbonyl (C=O) groups is 2. The van der Waals surface area contributed by atoms with E-state index in [0.29, 0.717) is 13.0 Å². The van der Waals surface area contributed by atoms with Crippen LogP contribution in [0, 0.1) is 5.92 Å². The van der Waals surface area contributed by atoms with E-state index in [1.807, 2.05) is 25.1 Å². The van der Waals surface area contributed by atoms with Gasteiger partial charge in [0, 0.05) is 13.0 Å². The topological polar surface area (TPSA) is 37.4 Å². The van der Waals surface area contributed by atoms with Crippen LogP contribution < -0.4 is 0 Å². The Morgan fingerprint density at radius 1 is 1.44 bits per heavy atom. The van der Waals surface area contributed by atoms with E-state index < -0.39 is 5.38 Å². The Morgan fingerprint density at radius 3 is 2.67 bits per heavy atom. The monoisotopic (exact) mass is 265 g/mol. The van der Waals surface area contributed by atoms with Gasteiger partial charge in [0.25, 0.3) is 5.91 Å². The molecular weight excluding hydrogens is 250 g/mol. The van der Waals surface area contributed by atoms with E-state index in [1.54, 1.807) is 12.1 Å². The summed E-state index contributed by atoms with van der Waals surface area (Å²) in [6.45, 7) is 2.53. The largest absolute Gasteiger partial charge is 0.281 e. The van der Waals surface area contributed by atoms with E-state index in [9.17, 15) is 9.59 Å². The van der Waals surface area contributed by atoms with Gasteiger partial charge in [0.2, 0.25) is 5.91 Å². The van der Waals surface area contributed by atoms with Crippen LogP contribution >= 0.6 is 11.6 Å². The Hall–Kier alpha value is -1.35. The Labute approximate surface area is 112 Å². The summed E-state index contributed by atoms with van der Waals surface area (Å²) in [5.74, 6) is -0.127. The normalized spacial score (nSPS) is 21.1. The number of rotatable bonds is 3. The fourth-order valence-electron chi connectivity index (χ4n) is 2.17. The molecule has 1 fully saturated rings. The van der Waals surface area contributed by atoms with Gasteiger partial charge >= 0.3 is 0 Å². The fraction of sp³-hybridized carbons (Fsp3) is 0.429. The molecule has 0 bridgehead atoms. The lowest BCUT2D eigenvalue weighted by molar-refractivity contribution is -0.141. The molecule has 1 heterocycles. The van der Waals surface area contributed by atoms with Gasteiger partial charge in [-0.15, -0.1) is 11.6 Å². The van der Waals surface area contributed by atoms with Crippen LogP contribution in [0.3, 0.4) is 0 Å². The number of hydrogen-bond acceptors (Lipinski definition) is 2. The second kappa shape index (κ2) is 5.53. The maximum absolute atomic E-state index is 12.2. The molecule has 1 saturated heterocycles. The van der Waals surface area contributed by atoms with E-state index in [0.717, 1.165) is 12.0 Å². The van der Waals surface area contributed by atoms with Crippen LogP contribution in [0.1, 0.15) is 30.7 Å². The van der Waals surface area contributed by atoms with Crippen LogP contribution in [0.4, 0.5) is 0 Å². The van der Waals surface area contributed by atoms with Crippen LogP contribution in [0.2, 0.25) is 0 Å². The molecule has 2 unspecified atom stereocenters. The van der Waals surface area contributed by atoms with Gasteiger partial charge in [-0.05, 0) is 11.5 Å². The lowest BCUT2D eigenvalue weighted by Crippen LogP contribution is -2.34. The molecular formula is C14H16ClNO2. The van der Waals surface area contributed by atoms with Gasteiger partial charge in [-0.1, -0.05) is 43.7 Å². The molecule has 0 N–H and O–H groups in total. The molecule has 2 atom stereocenters. The quantitative estimate of drug-likeness (QED) is 0.788. The lowest BCUT2D eigenvalue weighted by atomic mass is 10.1. The SMILES string of the molecule is CCC1CC(=O)N(C(=O)C(Cl)c2ccccc2)C1. The summed E-state index contributed by atoms with van der Waals surface area (Å²) in [5, 5.41) is -0.772. The molecule has 3 nitrogen and oxygen atoms in total. The second-order valence-corrected chi connectivity index (χ2v) is 5.03. The van der Waals surface area contributed by atoms with E-state index >= 15 is 0 Å². The summed E-state index contributed by atoms with van der Waals surface area (Å²) in [6.07, 6.45) is 1.37. The summed E-state index contributed by atoms with van der Waals surface area (Å²) >= 11 is 6.15. The first-order valence-electron chi connectivity index (χ1n) is 6.16. The first-order chi connectivity index (χ1) is 8.63. The molecule has 1 aliphatic heterocycles. The molecule has 0 aromatic heterocycles. The third-order valence-corrected chi connectivity index (χ3v) is 3.80. The Balaban J connectivity index is 2.10. The van der Waals surface area contributed by atoms with Crippen LogP contribution in [-0.4, -0.2) is 23.3 Å². The zero-order valence-corrected chi connectivity index (χ0v) is 11.1. The summed E-state index contributed by atoms with van der Waals surface area (Å²) in [5.41, 5.74) is 0.733. The van der Waals surface area contributed by atoms with Crippen molar-refractivity contribution >= 4 is 23.4 Å². The van der Waals surface area contributed by atoms with Gasteiger partial charge in [0.1, 0.15) is 5.38 Å². The average Bonchev–Trinajstić information content (AvgIpc) is 2.79. The van der Waals surface area contributed by atoms with Crippen molar-refractivity contribution in [2.75, 3.05) is 6.54 Å². The molecule has 18 heavy (non-hydrogen) atoms. The van der Waals surface area contributed by atoms with Crippen LogP contribution in [-0.2, 0) is 9.59 Å². The zero-order chi connectivity index (χ0) is 13.1. The molecule has 1 aromatic rings. The van der Waals surface area contributed by atoms with Crippen molar-refractivity contribution in [2.45, 2.75) is 25.1 Å². The number of alkyl halides is 1. The summed E-state index contributed by atoms with van der Waals surface area (Å²) in [6, 6.07) is 9.13. The molecule has 96 valence electrons. The molecule has 1 aliphatic rings. The molecule has 0 aliphatic carbocycles. The molecule has 2 amide bonds. The predicted octanol–water partition coefficient (Wildman–Crippen LogP) is 2.75. The molecule has 0 spiro atoms. The highest BCUT2D eigenvalue weighted by Crippen LogP contribution is 2.28. The highest BCUT2D eigenvalue weighted by atomic mass is 35.5. The standard InChI is InChI=1S/C14H16ClNO2/c1-2-10-8-12(17)16(9-10)14(18)13(15)11-6-4-3-5-7-11/h3-7,10,13H,2,8-9H2,1H3. The number of hydrogen-bond donors (Lipinski definition) is 0. The summed E-state index contributed by atoms with van der Waals surface area (Å²) < 4.78 is 0. The molecule has 0 saturated carbocycles. The number of amides is 2.